The van der Waals surface area contributed by atoms with Gasteiger partial charge in [-0.25, -0.2) is 0 Å². The second kappa shape index (κ2) is 7.74. The van der Waals surface area contributed by atoms with Crippen LogP contribution in [-0.2, 0) is 11.3 Å². The van der Waals surface area contributed by atoms with Crippen LogP contribution in [0.2, 0.25) is 0 Å². The minimum Gasteiger partial charge on any atom is -0.480 e. The molecule has 0 amide bonds. The molecule has 0 saturated heterocycles. The fraction of sp³-hybridized carbons (Fsp3) is 0.353. The monoisotopic (exact) mass is 332 g/mol. The first-order chi connectivity index (χ1) is 11.4. The molecule has 0 saturated carbocycles. The van der Waals surface area contributed by atoms with Gasteiger partial charge in [0.2, 0.25) is 0 Å². The number of carboxylic acids is 1. The first-order valence-electron chi connectivity index (χ1n) is 7.67. The topological polar surface area (TPSA) is 106 Å². The van der Waals surface area contributed by atoms with Crippen LogP contribution in [0.4, 0.5) is 5.69 Å². The molecule has 24 heavy (non-hydrogen) atoms. The summed E-state index contributed by atoms with van der Waals surface area (Å²) in [5.74, 6) is 0.250. The number of aliphatic carboxylic acids is 1. The predicted molar refractivity (Wildman–Crippen MR) is 88.5 cm³/mol. The minimum absolute atomic E-state index is 0.0328. The molecule has 0 aliphatic carbocycles. The number of hydrogen-bond donors (Lipinski definition) is 2. The fourth-order valence-electron chi connectivity index (χ4n) is 2.43. The lowest BCUT2D eigenvalue weighted by Gasteiger charge is -2.15. The van der Waals surface area contributed by atoms with Crippen molar-refractivity contribution in [1.82, 2.24) is 5.32 Å². The van der Waals surface area contributed by atoms with Gasteiger partial charge in [-0.15, -0.1) is 0 Å². The molecule has 7 heteroatoms. The Hall–Kier alpha value is -2.67. The van der Waals surface area contributed by atoms with Crippen LogP contribution in [0.3, 0.4) is 0 Å². The maximum atomic E-state index is 11.2. The third-order valence-electron chi connectivity index (χ3n) is 3.56. The first kappa shape index (κ1) is 17.7. The van der Waals surface area contributed by atoms with Crippen molar-refractivity contribution >= 4 is 11.7 Å². The molecular formula is C17H20N2O5. The summed E-state index contributed by atoms with van der Waals surface area (Å²) >= 11 is 0. The molecule has 0 spiro atoms. The van der Waals surface area contributed by atoms with Crippen LogP contribution >= 0.6 is 0 Å². The second-order valence-electron chi connectivity index (χ2n) is 5.94. The Labute approximate surface area is 139 Å². The molecule has 0 radical (unpaired) electrons. The molecule has 2 N–H and O–H groups in total. The zero-order valence-corrected chi connectivity index (χ0v) is 13.6. The summed E-state index contributed by atoms with van der Waals surface area (Å²) in [5, 5.41) is 23.2. The number of para-hydroxylation sites is 1. The third kappa shape index (κ3) is 4.42. The smallest absolute Gasteiger partial charge is 0.320 e. The summed E-state index contributed by atoms with van der Waals surface area (Å²) in [4.78, 5) is 21.9. The maximum absolute atomic E-state index is 11.2. The molecule has 0 fully saturated rings. The summed E-state index contributed by atoms with van der Waals surface area (Å²) in [7, 11) is 0. The zero-order chi connectivity index (χ0) is 17.7. The van der Waals surface area contributed by atoms with E-state index in [-0.39, 0.29) is 18.2 Å². The highest BCUT2D eigenvalue weighted by atomic mass is 16.6. The van der Waals surface area contributed by atoms with E-state index in [9.17, 15) is 20.0 Å². The van der Waals surface area contributed by atoms with Gasteiger partial charge in [0.15, 0.2) is 0 Å². The van der Waals surface area contributed by atoms with E-state index in [0.29, 0.717) is 23.5 Å². The summed E-state index contributed by atoms with van der Waals surface area (Å²) in [6.45, 7) is 4.15. The van der Waals surface area contributed by atoms with Crippen LogP contribution in [0.1, 0.15) is 26.0 Å². The van der Waals surface area contributed by atoms with Gasteiger partial charge in [-0.3, -0.25) is 20.2 Å². The van der Waals surface area contributed by atoms with E-state index >= 15 is 0 Å². The summed E-state index contributed by atoms with van der Waals surface area (Å²) in [6.07, 6.45) is 0.507. The molecule has 128 valence electrons. The Morgan fingerprint density at radius 1 is 1.29 bits per heavy atom. The Kier molecular flexibility index (Phi) is 5.70. The van der Waals surface area contributed by atoms with E-state index in [1.165, 1.54) is 6.07 Å². The molecule has 2 aromatic rings. The first-order valence-corrected chi connectivity index (χ1v) is 7.67. The van der Waals surface area contributed by atoms with E-state index in [1.807, 2.05) is 13.8 Å². The van der Waals surface area contributed by atoms with Crippen molar-refractivity contribution in [3.05, 3.63) is 52.3 Å². The molecule has 1 aromatic carbocycles. The molecule has 0 aliphatic rings. The average Bonchev–Trinajstić information content (AvgIpc) is 2.99. The van der Waals surface area contributed by atoms with Crippen molar-refractivity contribution in [2.45, 2.75) is 32.9 Å². The van der Waals surface area contributed by atoms with Crippen LogP contribution in [0.25, 0.3) is 11.3 Å². The highest BCUT2D eigenvalue weighted by Crippen LogP contribution is 2.30. The third-order valence-corrected chi connectivity index (χ3v) is 3.56. The minimum atomic E-state index is -0.908. The van der Waals surface area contributed by atoms with Gasteiger partial charge < -0.3 is 9.52 Å². The molecule has 0 aliphatic heterocycles. The molecule has 0 bridgehead atoms. The Balaban J connectivity index is 2.11. The van der Waals surface area contributed by atoms with E-state index in [1.54, 1.807) is 30.3 Å². The Morgan fingerprint density at radius 2 is 2.00 bits per heavy atom. The second-order valence-corrected chi connectivity index (χ2v) is 5.94. The number of nitro groups is 1. The number of nitrogens with zero attached hydrogens (tertiary/aromatic N) is 1. The number of nitrogens with one attached hydrogen (secondary N) is 1. The van der Waals surface area contributed by atoms with Gasteiger partial charge in [0.1, 0.15) is 17.6 Å². The molecule has 1 atom stereocenters. The maximum Gasteiger partial charge on any atom is 0.320 e. The van der Waals surface area contributed by atoms with E-state index in [4.69, 9.17) is 4.42 Å². The highest BCUT2D eigenvalue weighted by Gasteiger charge is 2.20. The molecule has 2 rings (SSSR count). The number of carboxylic acid groups (broad SMARTS) is 1. The number of benzene rings is 1. The van der Waals surface area contributed by atoms with Crippen LogP contribution in [0, 0.1) is 16.0 Å². The SMILES string of the molecule is CC(C)C[C@@H](NCc1ccc(-c2ccccc2[N+](=O)[O-])o1)C(=O)O. The lowest BCUT2D eigenvalue weighted by molar-refractivity contribution is -0.384. The van der Waals surface area contributed by atoms with Gasteiger partial charge in [0, 0.05) is 6.07 Å². The van der Waals surface area contributed by atoms with Gasteiger partial charge in [-0.05, 0) is 30.5 Å². The van der Waals surface area contributed by atoms with Crippen LogP contribution in [0.15, 0.2) is 40.8 Å². The van der Waals surface area contributed by atoms with Crippen molar-refractivity contribution in [2.24, 2.45) is 5.92 Å². The largest absolute Gasteiger partial charge is 0.480 e. The van der Waals surface area contributed by atoms with Crippen LogP contribution < -0.4 is 5.32 Å². The van der Waals surface area contributed by atoms with Gasteiger partial charge in [0.25, 0.3) is 5.69 Å². The lowest BCUT2D eigenvalue weighted by atomic mass is 10.0. The van der Waals surface area contributed by atoms with E-state index in [0.717, 1.165) is 0 Å². The number of furan rings is 1. The Morgan fingerprint density at radius 3 is 2.62 bits per heavy atom. The van der Waals surface area contributed by atoms with Crippen molar-refractivity contribution in [1.29, 1.82) is 0 Å². The van der Waals surface area contributed by atoms with Gasteiger partial charge >= 0.3 is 5.97 Å². The van der Waals surface area contributed by atoms with Gasteiger partial charge in [-0.2, -0.15) is 0 Å². The molecule has 0 unspecified atom stereocenters. The number of hydrogen-bond acceptors (Lipinski definition) is 5. The van der Waals surface area contributed by atoms with Crippen molar-refractivity contribution < 1.29 is 19.2 Å². The molecular weight excluding hydrogens is 312 g/mol. The summed E-state index contributed by atoms with van der Waals surface area (Å²) < 4.78 is 5.64. The zero-order valence-electron chi connectivity index (χ0n) is 13.6. The number of nitro benzene ring substituents is 1. The predicted octanol–water partition coefficient (Wildman–Crippen LogP) is 3.44. The van der Waals surface area contributed by atoms with Crippen molar-refractivity contribution in [3.8, 4) is 11.3 Å². The average molecular weight is 332 g/mol. The van der Waals surface area contributed by atoms with Gasteiger partial charge in [0.05, 0.1) is 17.0 Å². The summed E-state index contributed by atoms with van der Waals surface area (Å²) in [5.41, 5.74) is 0.361. The fourth-order valence-corrected chi connectivity index (χ4v) is 2.43. The highest BCUT2D eigenvalue weighted by molar-refractivity contribution is 5.73. The van der Waals surface area contributed by atoms with E-state index in [2.05, 4.69) is 5.32 Å². The summed E-state index contributed by atoms with van der Waals surface area (Å²) in [6, 6.07) is 9.00. The van der Waals surface area contributed by atoms with Crippen molar-refractivity contribution in [2.75, 3.05) is 0 Å². The number of carbonyl (C=O) groups is 1. The quantitative estimate of drug-likeness (QED) is 0.566. The van der Waals surface area contributed by atoms with E-state index < -0.39 is 16.9 Å². The normalized spacial score (nSPS) is 12.3. The van der Waals surface area contributed by atoms with Gasteiger partial charge in [-0.1, -0.05) is 26.0 Å². The lowest BCUT2D eigenvalue weighted by Crippen LogP contribution is -2.37. The molecule has 1 aromatic heterocycles. The Bertz CT molecular complexity index is 723. The van der Waals surface area contributed by atoms with Crippen molar-refractivity contribution in [3.63, 3.8) is 0 Å². The van der Waals surface area contributed by atoms with Crippen LogP contribution in [-0.4, -0.2) is 22.0 Å². The van der Waals surface area contributed by atoms with Crippen LogP contribution in [0.5, 0.6) is 0 Å². The number of rotatable bonds is 8. The molecule has 7 nitrogen and oxygen atoms in total. The standard InChI is InChI=1S/C17H20N2O5/c1-11(2)9-14(17(20)21)18-10-12-7-8-16(24-12)13-5-3-4-6-15(13)19(22)23/h3-8,11,14,18H,9-10H2,1-2H3,(H,20,21)/t14-/m1/s1. The molecule has 1 heterocycles.